The quantitative estimate of drug-likeness (QED) is 0.139. The van der Waals surface area contributed by atoms with Crippen LogP contribution in [0.1, 0.15) is 113 Å². The summed E-state index contributed by atoms with van der Waals surface area (Å²) in [7, 11) is 0. The molecule has 5 aliphatic rings. The highest BCUT2D eigenvalue weighted by Gasteiger charge is 2.83. The third kappa shape index (κ3) is 8.30. The number of rotatable bonds is 12. The van der Waals surface area contributed by atoms with Crippen LogP contribution in [-0.4, -0.2) is 118 Å². The predicted molar refractivity (Wildman–Crippen MR) is 225 cm³/mol. The van der Waals surface area contributed by atoms with Crippen LogP contribution in [0.4, 0.5) is 4.79 Å². The minimum Gasteiger partial charge on any atom is -0.457 e. The minimum atomic E-state index is -1.93. The Morgan fingerprint density at radius 2 is 1.60 bits per heavy atom. The second kappa shape index (κ2) is 16.9. The van der Waals surface area contributed by atoms with Gasteiger partial charge in [-0.25, -0.2) is 14.4 Å². The Morgan fingerprint density at radius 3 is 2.13 bits per heavy atom. The molecule has 0 aromatic heterocycles. The molecule has 1 aromatic rings. The highest BCUT2D eigenvalue weighted by atomic mass is 16.7. The molecule has 16 heteroatoms. The number of fused-ring (bicyclic) bond motifs is 3. The van der Waals surface area contributed by atoms with Gasteiger partial charge in [0, 0.05) is 32.1 Å². The van der Waals surface area contributed by atoms with Gasteiger partial charge in [0.05, 0.1) is 41.3 Å². The number of esters is 4. The molecular formula is C47H65NO15. The Kier molecular flexibility index (Phi) is 12.9. The van der Waals surface area contributed by atoms with Gasteiger partial charge in [0.2, 0.25) is 0 Å². The smallest absolute Gasteiger partial charge is 0.407 e. The molecule has 0 bridgehead atoms. The number of hydrogen-bond acceptors (Lipinski definition) is 15. The van der Waals surface area contributed by atoms with Crippen molar-refractivity contribution in [3.05, 3.63) is 59.7 Å². The fourth-order valence-corrected chi connectivity index (χ4v) is 11.5. The molecule has 2 saturated heterocycles. The van der Waals surface area contributed by atoms with Gasteiger partial charge in [0.1, 0.15) is 30.0 Å². The van der Waals surface area contributed by atoms with Gasteiger partial charge in [-0.3, -0.25) is 9.59 Å². The van der Waals surface area contributed by atoms with E-state index in [0.29, 0.717) is 5.57 Å². The first-order valence-corrected chi connectivity index (χ1v) is 21.7. The molecule has 2 saturated carbocycles. The monoisotopic (exact) mass is 883 g/mol. The Balaban J connectivity index is 1.61. The molecule has 348 valence electrons. The number of ether oxygens (including phenoxy) is 8. The average molecular weight is 884 g/mol. The van der Waals surface area contributed by atoms with Crippen LogP contribution in [0.5, 0.6) is 0 Å². The number of amides is 1. The first-order chi connectivity index (χ1) is 29.2. The van der Waals surface area contributed by atoms with Gasteiger partial charge in [-0.15, -0.1) is 0 Å². The van der Waals surface area contributed by atoms with E-state index in [9.17, 15) is 34.2 Å². The van der Waals surface area contributed by atoms with Crippen molar-refractivity contribution < 1.29 is 72.1 Å². The lowest BCUT2D eigenvalue weighted by Crippen LogP contribution is -2.80. The van der Waals surface area contributed by atoms with E-state index in [0.717, 1.165) is 0 Å². The summed E-state index contributed by atoms with van der Waals surface area (Å²) in [5.74, 6) is -4.45. The van der Waals surface area contributed by atoms with Gasteiger partial charge in [-0.2, -0.15) is 0 Å². The van der Waals surface area contributed by atoms with E-state index in [-0.39, 0.29) is 42.9 Å². The zero-order chi connectivity index (χ0) is 46.8. The SMILES string of the molecule is C=CC1O[C@H]2C[C@H]3OC[C@@]3(OC(C)=O)[C@H]3[C@H](OC(=O)c4ccccc4)[C@]4(C(C)(C)O)C[C@H](OC(=O)C(O)[C@H](CC(C)C)NC(=O)OC(C)(C)C)C(C)=C4[C@@](C)(OC(C)=O)[C@H](O1)[C@]23C. The highest BCUT2D eigenvalue weighted by Crippen LogP contribution is 2.72. The van der Waals surface area contributed by atoms with Gasteiger partial charge in [-0.05, 0) is 90.2 Å². The number of nitrogens with one attached hydrogen (secondary N) is 1. The third-order valence-electron chi connectivity index (χ3n) is 13.6. The molecule has 16 nitrogen and oxygen atoms in total. The van der Waals surface area contributed by atoms with E-state index >= 15 is 0 Å². The molecule has 0 radical (unpaired) electrons. The normalized spacial score (nSPS) is 35.6. The number of carbonyl (C=O) groups excluding carboxylic acids is 5. The van der Waals surface area contributed by atoms with E-state index in [1.165, 1.54) is 33.8 Å². The zero-order valence-electron chi connectivity index (χ0n) is 38.5. The molecule has 4 fully saturated rings. The summed E-state index contributed by atoms with van der Waals surface area (Å²) in [5.41, 5.74) is -8.63. The van der Waals surface area contributed by atoms with E-state index in [4.69, 9.17) is 37.9 Å². The van der Waals surface area contributed by atoms with Crippen molar-refractivity contribution in [1.29, 1.82) is 0 Å². The number of hydrogen-bond donors (Lipinski definition) is 3. The van der Waals surface area contributed by atoms with Crippen molar-refractivity contribution in [2.75, 3.05) is 6.61 Å². The van der Waals surface area contributed by atoms with Crippen LogP contribution < -0.4 is 5.32 Å². The van der Waals surface area contributed by atoms with E-state index < -0.39 is 118 Å². The average Bonchev–Trinajstić information content (AvgIpc) is 3.44. The lowest BCUT2D eigenvalue weighted by Gasteiger charge is -2.67. The van der Waals surface area contributed by atoms with E-state index in [2.05, 4.69) is 11.9 Å². The molecule has 2 heterocycles. The molecule has 0 spiro atoms. The van der Waals surface area contributed by atoms with Crippen molar-refractivity contribution in [3.63, 3.8) is 0 Å². The van der Waals surface area contributed by atoms with Crippen LogP contribution in [-0.2, 0) is 52.3 Å². The predicted octanol–water partition coefficient (Wildman–Crippen LogP) is 5.26. The summed E-state index contributed by atoms with van der Waals surface area (Å²) >= 11 is 0. The molecule has 63 heavy (non-hydrogen) atoms. The molecule has 2 unspecified atom stereocenters. The fourth-order valence-electron chi connectivity index (χ4n) is 11.5. The van der Waals surface area contributed by atoms with Gasteiger partial charge in [-0.1, -0.05) is 45.5 Å². The van der Waals surface area contributed by atoms with Gasteiger partial charge in [0.25, 0.3) is 0 Å². The number of benzene rings is 1. The third-order valence-corrected chi connectivity index (χ3v) is 13.6. The molecule has 3 N–H and O–H groups in total. The van der Waals surface area contributed by atoms with Crippen LogP contribution >= 0.6 is 0 Å². The number of carbonyl (C=O) groups is 5. The van der Waals surface area contributed by atoms with Crippen LogP contribution in [0.15, 0.2) is 54.1 Å². The highest BCUT2D eigenvalue weighted by molar-refractivity contribution is 5.89. The Hall–Kier alpha value is -4.35. The molecule has 3 aliphatic carbocycles. The summed E-state index contributed by atoms with van der Waals surface area (Å²) in [4.78, 5) is 68.8. The molecule has 1 aromatic carbocycles. The van der Waals surface area contributed by atoms with Crippen LogP contribution in [0.2, 0.25) is 0 Å². The largest absolute Gasteiger partial charge is 0.457 e. The fraction of sp³-hybridized carbons (Fsp3) is 0.681. The Labute approximate surface area is 369 Å². The standard InChI is InChI=1S/C47H65NO15/c1-14-33-58-31-21-32-47(23-56-32,62-27(6)50)36-37(60-38(52)28-18-16-15-17-19-28)46(43(10,11)55)22-30(25(4)35(46)45(13,61-26(5)49)40(59-33)44(31,36)12)57-39(53)34(51)29(20-24(2)3)48-41(54)63-42(7,8)9/h14-19,24,29-34,36-37,40,51,55H,1,20-23H2,2-13H3,(H,48,54)/t29-,30-,31-,32+,33?,34?,36-,37-,40+,44+,45+,46-,47-/m0/s1. The first kappa shape index (κ1) is 48.1. The molecule has 1 amide bonds. The minimum absolute atomic E-state index is 0.0892. The van der Waals surface area contributed by atoms with Crippen LogP contribution in [0.3, 0.4) is 0 Å². The zero-order valence-corrected chi connectivity index (χ0v) is 38.5. The second-order valence-electron chi connectivity index (χ2n) is 20.1. The summed E-state index contributed by atoms with van der Waals surface area (Å²) in [6, 6.07) is 7.11. The molecule has 2 aliphatic heterocycles. The van der Waals surface area contributed by atoms with E-state index in [1.807, 2.05) is 20.8 Å². The van der Waals surface area contributed by atoms with Crippen molar-refractivity contribution in [3.8, 4) is 0 Å². The number of aliphatic hydroxyl groups excluding tert-OH is 1. The van der Waals surface area contributed by atoms with Crippen molar-refractivity contribution in [2.45, 2.75) is 174 Å². The number of alkyl carbamates (subject to hydrolysis) is 1. The lowest BCUT2D eigenvalue weighted by atomic mass is 9.49. The summed E-state index contributed by atoms with van der Waals surface area (Å²) in [6.07, 6.45) is -7.72. The maximum Gasteiger partial charge on any atom is 0.407 e. The molecule has 13 atom stereocenters. The summed E-state index contributed by atoms with van der Waals surface area (Å²) < 4.78 is 51.0. The van der Waals surface area contributed by atoms with Crippen molar-refractivity contribution >= 4 is 30.0 Å². The van der Waals surface area contributed by atoms with Gasteiger partial charge >= 0.3 is 30.0 Å². The maximum absolute atomic E-state index is 14.7. The Bertz CT molecular complexity index is 2000. The van der Waals surface area contributed by atoms with Crippen LogP contribution in [0.25, 0.3) is 0 Å². The summed E-state index contributed by atoms with van der Waals surface area (Å²) in [6.45, 7) is 23.3. The topological polar surface area (TPSA) is 212 Å². The van der Waals surface area contributed by atoms with Crippen LogP contribution in [0, 0.1) is 22.7 Å². The van der Waals surface area contributed by atoms with Gasteiger partial charge < -0.3 is 53.4 Å². The first-order valence-electron chi connectivity index (χ1n) is 21.7. The number of aliphatic hydroxyl groups is 2. The van der Waals surface area contributed by atoms with Crippen molar-refractivity contribution in [1.82, 2.24) is 5.32 Å². The second-order valence-corrected chi connectivity index (χ2v) is 20.1. The maximum atomic E-state index is 14.7. The molecule has 6 rings (SSSR count). The Morgan fingerprint density at radius 1 is 0.968 bits per heavy atom. The summed E-state index contributed by atoms with van der Waals surface area (Å²) in [5, 5.41) is 27.3. The lowest BCUT2D eigenvalue weighted by molar-refractivity contribution is -0.397. The molecular weight excluding hydrogens is 819 g/mol. The van der Waals surface area contributed by atoms with E-state index in [1.54, 1.807) is 65.0 Å². The van der Waals surface area contributed by atoms with Crippen molar-refractivity contribution in [2.24, 2.45) is 22.7 Å². The van der Waals surface area contributed by atoms with Gasteiger partial charge in [0.15, 0.2) is 23.6 Å².